The molecule has 0 aromatic heterocycles. The molecule has 0 saturated carbocycles. The molecular weight excluding hydrogens is 294 g/mol. The van der Waals surface area contributed by atoms with Gasteiger partial charge in [0, 0.05) is 5.56 Å². The van der Waals surface area contributed by atoms with Gasteiger partial charge in [0.25, 0.3) is 5.91 Å². The fraction of sp³-hybridized carbons (Fsp3) is 0.167. The Balaban J connectivity index is 1.99. The molecule has 1 atom stereocenters. The van der Waals surface area contributed by atoms with E-state index in [-0.39, 0.29) is 6.61 Å². The number of ether oxygens (including phenoxy) is 1. The highest BCUT2D eigenvalue weighted by Gasteiger charge is 2.27. The Bertz CT molecular complexity index is 683. The third-order valence-electron chi connectivity index (χ3n) is 3.18. The van der Waals surface area contributed by atoms with Gasteiger partial charge in [0.05, 0.1) is 0 Å². The molecule has 0 saturated heterocycles. The van der Waals surface area contributed by atoms with Crippen molar-refractivity contribution >= 4 is 17.7 Å². The van der Waals surface area contributed by atoms with Crippen molar-refractivity contribution in [3.05, 3.63) is 71.8 Å². The number of hydrogen-bond donors (Lipinski definition) is 1. The molecule has 118 valence electrons. The number of amides is 1. The first-order valence-electron chi connectivity index (χ1n) is 7.15. The van der Waals surface area contributed by atoms with E-state index in [2.05, 4.69) is 5.32 Å². The number of benzene rings is 2. The minimum atomic E-state index is -1.31. The molecule has 23 heavy (non-hydrogen) atoms. The van der Waals surface area contributed by atoms with Crippen LogP contribution in [0, 0.1) is 0 Å². The van der Waals surface area contributed by atoms with Crippen LogP contribution >= 0.6 is 0 Å². The molecule has 0 radical (unpaired) electrons. The lowest BCUT2D eigenvalue weighted by Gasteiger charge is -2.15. The molecule has 0 aliphatic carbocycles. The monoisotopic (exact) mass is 311 g/mol. The number of Topliss-reactive ketones (excluding diaryl/α,β-unsaturated/α-hetero) is 1. The van der Waals surface area contributed by atoms with Gasteiger partial charge in [-0.15, -0.1) is 0 Å². The second kappa shape index (κ2) is 7.89. The van der Waals surface area contributed by atoms with E-state index in [0.717, 1.165) is 5.56 Å². The number of carbonyl (C=O) groups is 3. The normalized spacial score (nSPS) is 11.3. The summed E-state index contributed by atoms with van der Waals surface area (Å²) in [5.41, 5.74) is 1.17. The maximum atomic E-state index is 12.1. The maximum Gasteiger partial charge on any atom is 0.336 e. The van der Waals surface area contributed by atoms with Gasteiger partial charge in [-0.2, -0.15) is 0 Å². The second-order valence-corrected chi connectivity index (χ2v) is 4.98. The summed E-state index contributed by atoms with van der Waals surface area (Å²) in [6, 6.07) is 16.2. The van der Waals surface area contributed by atoms with Crippen LogP contribution in [0.25, 0.3) is 0 Å². The predicted octanol–water partition coefficient (Wildman–Crippen LogP) is 2.12. The Morgan fingerprint density at radius 3 is 2.09 bits per heavy atom. The third-order valence-corrected chi connectivity index (χ3v) is 3.18. The van der Waals surface area contributed by atoms with E-state index in [1.54, 1.807) is 42.5 Å². The van der Waals surface area contributed by atoms with E-state index in [1.165, 1.54) is 6.92 Å². The Kier molecular flexibility index (Phi) is 5.63. The van der Waals surface area contributed by atoms with Crippen molar-refractivity contribution in [2.75, 3.05) is 0 Å². The van der Waals surface area contributed by atoms with Gasteiger partial charge in [0.1, 0.15) is 6.61 Å². The topological polar surface area (TPSA) is 72.5 Å². The van der Waals surface area contributed by atoms with Crippen molar-refractivity contribution in [3.63, 3.8) is 0 Å². The smallest absolute Gasteiger partial charge is 0.336 e. The third kappa shape index (κ3) is 4.78. The summed E-state index contributed by atoms with van der Waals surface area (Å²) in [6.07, 6.45) is 0. The number of esters is 1. The minimum Gasteiger partial charge on any atom is -0.459 e. The molecule has 5 nitrogen and oxygen atoms in total. The summed E-state index contributed by atoms with van der Waals surface area (Å²) >= 11 is 0. The Morgan fingerprint density at radius 1 is 0.957 bits per heavy atom. The van der Waals surface area contributed by atoms with Crippen molar-refractivity contribution in [1.82, 2.24) is 5.32 Å². The van der Waals surface area contributed by atoms with E-state index in [1.807, 2.05) is 18.2 Å². The van der Waals surface area contributed by atoms with Crippen molar-refractivity contribution in [3.8, 4) is 0 Å². The average Bonchev–Trinajstić information content (AvgIpc) is 2.58. The molecule has 5 heteroatoms. The molecule has 0 heterocycles. The van der Waals surface area contributed by atoms with Crippen LogP contribution in [-0.4, -0.2) is 23.7 Å². The molecule has 0 bridgehead atoms. The number of rotatable bonds is 6. The molecule has 0 spiro atoms. The average molecular weight is 311 g/mol. The maximum absolute atomic E-state index is 12.1. The van der Waals surface area contributed by atoms with E-state index >= 15 is 0 Å². The second-order valence-electron chi connectivity index (χ2n) is 4.98. The lowest BCUT2D eigenvalue weighted by molar-refractivity contribution is -0.149. The van der Waals surface area contributed by atoms with Crippen LogP contribution < -0.4 is 5.32 Å². The van der Waals surface area contributed by atoms with Crippen LogP contribution in [0.15, 0.2) is 60.7 Å². The van der Waals surface area contributed by atoms with Crippen LogP contribution in [-0.2, 0) is 20.9 Å². The summed E-state index contributed by atoms with van der Waals surface area (Å²) < 4.78 is 5.11. The molecule has 2 rings (SSSR count). The van der Waals surface area contributed by atoms with E-state index in [4.69, 9.17) is 4.74 Å². The summed E-state index contributed by atoms with van der Waals surface area (Å²) in [6.45, 7) is 1.28. The number of hydrogen-bond acceptors (Lipinski definition) is 4. The molecular formula is C18H17NO4. The summed E-state index contributed by atoms with van der Waals surface area (Å²) in [5, 5.41) is 2.41. The van der Waals surface area contributed by atoms with Gasteiger partial charge in [-0.25, -0.2) is 4.79 Å². The van der Waals surface area contributed by atoms with Gasteiger partial charge in [-0.05, 0) is 24.6 Å². The number of nitrogens with one attached hydrogen (secondary N) is 1. The van der Waals surface area contributed by atoms with Gasteiger partial charge in [-0.1, -0.05) is 48.5 Å². The zero-order valence-corrected chi connectivity index (χ0v) is 12.7. The van der Waals surface area contributed by atoms with Gasteiger partial charge in [0.15, 0.2) is 11.8 Å². The molecule has 0 aliphatic heterocycles. The molecule has 0 fully saturated rings. The first-order valence-corrected chi connectivity index (χ1v) is 7.15. The SMILES string of the molecule is CC(=O)C(NC(=O)c1ccccc1)C(=O)OCc1ccccc1. The Hall–Kier alpha value is -2.95. The zero-order valence-electron chi connectivity index (χ0n) is 12.7. The van der Waals surface area contributed by atoms with Crippen LogP contribution in [0.2, 0.25) is 0 Å². The molecule has 0 aliphatic rings. The molecule has 1 unspecified atom stereocenters. The van der Waals surface area contributed by atoms with Crippen LogP contribution in [0.1, 0.15) is 22.8 Å². The van der Waals surface area contributed by atoms with Gasteiger partial charge in [-0.3, -0.25) is 9.59 Å². The summed E-state index contributed by atoms with van der Waals surface area (Å²) in [5.74, 6) is -1.75. The zero-order chi connectivity index (χ0) is 16.7. The Labute approximate surface area is 134 Å². The fourth-order valence-electron chi connectivity index (χ4n) is 1.94. The highest BCUT2D eigenvalue weighted by Crippen LogP contribution is 2.04. The van der Waals surface area contributed by atoms with Gasteiger partial charge in [0.2, 0.25) is 0 Å². The first kappa shape index (κ1) is 16.4. The van der Waals surface area contributed by atoms with Gasteiger partial charge < -0.3 is 10.1 Å². The van der Waals surface area contributed by atoms with E-state index in [0.29, 0.717) is 5.56 Å². The summed E-state index contributed by atoms with van der Waals surface area (Å²) in [7, 11) is 0. The quantitative estimate of drug-likeness (QED) is 0.655. The van der Waals surface area contributed by atoms with Crippen molar-refractivity contribution in [2.45, 2.75) is 19.6 Å². The number of carbonyl (C=O) groups excluding carboxylic acids is 3. The molecule has 1 N–H and O–H groups in total. The molecule has 2 aromatic carbocycles. The van der Waals surface area contributed by atoms with E-state index < -0.39 is 23.7 Å². The summed E-state index contributed by atoms with van der Waals surface area (Å²) in [4.78, 5) is 35.8. The number of ketones is 1. The lowest BCUT2D eigenvalue weighted by atomic mass is 10.1. The highest BCUT2D eigenvalue weighted by molar-refractivity contribution is 6.07. The highest BCUT2D eigenvalue weighted by atomic mass is 16.5. The van der Waals surface area contributed by atoms with Crippen LogP contribution in [0.3, 0.4) is 0 Å². The van der Waals surface area contributed by atoms with Crippen LogP contribution in [0.5, 0.6) is 0 Å². The standard InChI is InChI=1S/C18H17NO4/c1-13(20)16(19-17(21)15-10-6-3-7-11-15)18(22)23-12-14-8-4-2-5-9-14/h2-11,16H,12H2,1H3,(H,19,21). The minimum absolute atomic E-state index is 0.0463. The van der Waals surface area contributed by atoms with E-state index in [9.17, 15) is 14.4 Å². The fourth-order valence-corrected chi connectivity index (χ4v) is 1.94. The molecule has 2 aromatic rings. The lowest BCUT2D eigenvalue weighted by Crippen LogP contribution is -2.46. The Morgan fingerprint density at radius 2 is 1.52 bits per heavy atom. The van der Waals surface area contributed by atoms with Crippen LogP contribution in [0.4, 0.5) is 0 Å². The largest absolute Gasteiger partial charge is 0.459 e. The molecule has 1 amide bonds. The van der Waals surface area contributed by atoms with Crippen molar-refractivity contribution < 1.29 is 19.1 Å². The first-order chi connectivity index (χ1) is 11.1. The predicted molar refractivity (Wildman–Crippen MR) is 84.6 cm³/mol. The van der Waals surface area contributed by atoms with Crippen molar-refractivity contribution in [2.24, 2.45) is 0 Å². The van der Waals surface area contributed by atoms with Crippen molar-refractivity contribution in [1.29, 1.82) is 0 Å². The van der Waals surface area contributed by atoms with Gasteiger partial charge >= 0.3 is 5.97 Å².